The normalized spacial score (nSPS) is 11.7. The predicted molar refractivity (Wildman–Crippen MR) is 78.5 cm³/mol. The Kier molecular flexibility index (Phi) is 1.99. The monoisotopic (exact) mass is 247 g/mol. The Labute approximate surface area is 110 Å². The van der Waals surface area contributed by atoms with Crippen LogP contribution in [0.15, 0.2) is 47.1 Å². The van der Waals surface area contributed by atoms with Crippen LogP contribution in [0.25, 0.3) is 32.7 Å². The summed E-state index contributed by atoms with van der Waals surface area (Å²) >= 11 is 0. The maximum absolute atomic E-state index is 6.04. The van der Waals surface area contributed by atoms with Crippen molar-refractivity contribution < 1.29 is 4.42 Å². The van der Waals surface area contributed by atoms with Crippen LogP contribution in [0, 0.1) is 13.8 Å². The topological polar surface area (TPSA) is 26.0 Å². The molecule has 2 aromatic heterocycles. The zero-order valence-corrected chi connectivity index (χ0v) is 10.9. The maximum atomic E-state index is 6.04. The van der Waals surface area contributed by atoms with E-state index in [1.807, 2.05) is 24.5 Å². The van der Waals surface area contributed by atoms with E-state index in [2.05, 4.69) is 37.0 Å². The minimum absolute atomic E-state index is 0.951. The summed E-state index contributed by atoms with van der Waals surface area (Å²) in [5.41, 5.74) is 4.37. The molecular weight excluding hydrogens is 234 g/mol. The number of para-hydroxylation sites is 1. The summed E-state index contributed by atoms with van der Waals surface area (Å²) in [4.78, 5) is 4.23. The summed E-state index contributed by atoms with van der Waals surface area (Å²) in [5, 5.41) is 4.85. The van der Waals surface area contributed by atoms with Gasteiger partial charge in [0.1, 0.15) is 11.2 Å². The molecule has 2 heterocycles. The van der Waals surface area contributed by atoms with Crippen LogP contribution in [0.3, 0.4) is 0 Å². The fourth-order valence-corrected chi connectivity index (χ4v) is 2.96. The van der Waals surface area contributed by atoms with Crippen LogP contribution < -0.4 is 0 Å². The molecule has 0 aliphatic carbocycles. The Balaban J connectivity index is 2.39. The Hall–Kier alpha value is -2.35. The molecule has 0 saturated heterocycles. The minimum Gasteiger partial charge on any atom is -0.456 e. The lowest BCUT2D eigenvalue weighted by atomic mass is 9.97. The van der Waals surface area contributed by atoms with Gasteiger partial charge in [-0.2, -0.15) is 0 Å². The molecule has 92 valence electrons. The average Bonchev–Trinajstić information content (AvgIpc) is 2.84. The Morgan fingerprint density at radius 3 is 2.63 bits per heavy atom. The number of pyridine rings is 1. The first-order chi connectivity index (χ1) is 9.27. The van der Waals surface area contributed by atoms with E-state index in [1.165, 1.54) is 32.7 Å². The molecule has 2 nitrogen and oxygen atoms in total. The van der Waals surface area contributed by atoms with Gasteiger partial charge in [-0.15, -0.1) is 0 Å². The van der Waals surface area contributed by atoms with E-state index in [0.717, 1.165) is 11.2 Å². The van der Waals surface area contributed by atoms with Crippen molar-refractivity contribution in [3.05, 3.63) is 53.9 Å². The second-order valence-electron chi connectivity index (χ2n) is 4.97. The fourth-order valence-electron chi connectivity index (χ4n) is 2.96. The minimum atomic E-state index is 0.951. The van der Waals surface area contributed by atoms with Crippen molar-refractivity contribution in [2.45, 2.75) is 13.8 Å². The average molecular weight is 247 g/mol. The lowest BCUT2D eigenvalue weighted by molar-refractivity contribution is 0.666. The lowest BCUT2D eigenvalue weighted by Crippen LogP contribution is -1.86. The van der Waals surface area contributed by atoms with Crippen molar-refractivity contribution in [2.75, 3.05) is 0 Å². The standard InChI is InChI=1S/C17H13NO/c1-10-12-7-8-18-9-14(12)11(2)17-16(10)13-5-3-4-6-15(13)19-17/h3-9H,1-2H3. The highest BCUT2D eigenvalue weighted by Gasteiger charge is 2.15. The highest BCUT2D eigenvalue weighted by molar-refractivity contribution is 6.14. The van der Waals surface area contributed by atoms with E-state index < -0.39 is 0 Å². The summed E-state index contributed by atoms with van der Waals surface area (Å²) in [6, 6.07) is 10.3. The van der Waals surface area contributed by atoms with Gasteiger partial charge in [-0.25, -0.2) is 0 Å². The molecule has 0 bridgehead atoms. The van der Waals surface area contributed by atoms with Crippen LogP contribution >= 0.6 is 0 Å². The molecule has 0 saturated carbocycles. The number of rotatable bonds is 0. The number of benzene rings is 2. The van der Waals surface area contributed by atoms with Crippen LogP contribution in [-0.4, -0.2) is 4.98 Å². The third kappa shape index (κ3) is 1.28. The van der Waals surface area contributed by atoms with Gasteiger partial charge in [-0.05, 0) is 36.9 Å². The van der Waals surface area contributed by atoms with Gasteiger partial charge in [0.25, 0.3) is 0 Å². The molecule has 4 rings (SSSR count). The van der Waals surface area contributed by atoms with Crippen LogP contribution in [-0.2, 0) is 0 Å². The zero-order chi connectivity index (χ0) is 13.0. The first-order valence-corrected chi connectivity index (χ1v) is 6.41. The van der Waals surface area contributed by atoms with Gasteiger partial charge in [0.05, 0.1) is 0 Å². The van der Waals surface area contributed by atoms with E-state index in [1.54, 1.807) is 0 Å². The third-order valence-electron chi connectivity index (χ3n) is 3.94. The number of nitrogens with zero attached hydrogens (tertiary/aromatic N) is 1. The van der Waals surface area contributed by atoms with Crippen molar-refractivity contribution in [2.24, 2.45) is 0 Å². The van der Waals surface area contributed by atoms with Crippen molar-refractivity contribution in [3.8, 4) is 0 Å². The predicted octanol–water partition coefficient (Wildman–Crippen LogP) is 4.75. The summed E-state index contributed by atoms with van der Waals surface area (Å²) < 4.78 is 6.04. The third-order valence-corrected chi connectivity index (χ3v) is 3.94. The second-order valence-corrected chi connectivity index (χ2v) is 4.97. The van der Waals surface area contributed by atoms with Gasteiger partial charge in [0.15, 0.2) is 0 Å². The molecule has 0 radical (unpaired) electrons. The lowest BCUT2D eigenvalue weighted by Gasteiger charge is -2.06. The van der Waals surface area contributed by atoms with Crippen molar-refractivity contribution in [1.29, 1.82) is 0 Å². The van der Waals surface area contributed by atoms with E-state index in [9.17, 15) is 0 Å². The van der Waals surface area contributed by atoms with Gasteiger partial charge in [-0.3, -0.25) is 4.98 Å². The number of fused-ring (bicyclic) bond motifs is 4. The molecule has 0 unspecified atom stereocenters. The summed E-state index contributed by atoms with van der Waals surface area (Å²) in [5.74, 6) is 0. The Morgan fingerprint density at radius 1 is 0.895 bits per heavy atom. The van der Waals surface area contributed by atoms with Crippen molar-refractivity contribution >= 4 is 32.7 Å². The number of furan rings is 1. The first-order valence-electron chi connectivity index (χ1n) is 6.41. The number of hydrogen-bond donors (Lipinski definition) is 0. The number of aryl methyl sites for hydroxylation is 2. The van der Waals surface area contributed by atoms with Gasteiger partial charge < -0.3 is 4.42 Å². The van der Waals surface area contributed by atoms with Crippen LogP contribution in [0.4, 0.5) is 0 Å². The summed E-state index contributed by atoms with van der Waals surface area (Å²) in [7, 11) is 0. The highest BCUT2D eigenvalue weighted by atomic mass is 16.3. The molecule has 0 spiro atoms. The largest absolute Gasteiger partial charge is 0.456 e. The maximum Gasteiger partial charge on any atom is 0.139 e. The smallest absolute Gasteiger partial charge is 0.139 e. The molecule has 0 amide bonds. The summed E-state index contributed by atoms with van der Waals surface area (Å²) in [6.07, 6.45) is 3.77. The molecule has 0 fully saturated rings. The molecule has 0 N–H and O–H groups in total. The molecule has 19 heavy (non-hydrogen) atoms. The number of hydrogen-bond acceptors (Lipinski definition) is 2. The van der Waals surface area contributed by atoms with E-state index in [-0.39, 0.29) is 0 Å². The van der Waals surface area contributed by atoms with Gasteiger partial charge in [0, 0.05) is 34.1 Å². The van der Waals surface area contributed by atoms with E-state index in [0.29, 0.717) is 0 Å². The quantitative estimate of drug-likeness (QED) is 0.448. The molecule has 0 atom stereocenters. The molecule has 2 aromatic carbocycles. The second kappa shape index (κ2) is 3.58. The van der Waals surface area contributed by atoms with Gasteiger partial charge in [0.2, 0.25) is 0 Å². The van der Waals surface area contributed by atoms with Gasteiger partial charge in [-0.1, -0.05) is 18.2 Å². The zero-order valence-electron chi connectivity index (χ0n) is 10.9. The Bertz CT molecular complexity index is 934. The molecule has 4 aromatic rings. The van der Waals surface area contributed by atoms with E-state index in [4.69, 9.17) is 4.42 Å². The van der Waals surface area contributed by atoms with Crippen LogP contribution in [0.5, 0.6) is 0 Å². The molecular formula is C17H13NO. The van der Waals surface area contributed by atoms with Crippen LogP contribution in [0.2, 0.25) is 0 Å². The fraction of sp³-hybridized carbons (Fsp3) is 0.118. The molecule has 0 aliphatic heterocycles. The van der Waals surface area contributed by atoms with Crippen molar-refractivity contribution in [3.63, 3.8) is 0 Å². The number of aromatic nitrogens is 1. The van der Waals surface area contributed by atoms with Gasteiger partial charge >= 0.3 is 0 Å². The first kappa shape index (κ1) is 10.6. The highest BCUT2D eigenvalue weighted by Crippen LogP contribution is 2.37. The summed E-state index contributed by atoms with van der Waals surface area (Å²) in [6.45, 7) is 4.26. The SMILES string of the molecule is Cc1c2cnccc2c(C)c2c1oc1ccccc12. The molecule has 0 aliphatic rings. The molecule has 2 heteroatoms. The Morgan fingerprint density at radius 2 is 1.74 bits per heavy atom. The van der Waals surface area contributed by atoms with E-state index >= 15 is 0 Å². The van der Waals surface area contributed by atoms with Crippen molar-refractivity contribution in [1.82, 2.24) is 4.98 Å². The van der Waals surface area contributed by atoms with Crippen LogP contribution in [0.1, 0.15) is 11.1 Å².